The number of hydrogen-bond donors (Lipinski definition) is 2. The van der Waals surface area contributed by atoms with Crippen molar-refractivity contribution in [3.05, 3.63) is 40.1 Å². The standard InChI is InChI=1S/C18H21FN4O2S2/c19-12-5-4-8-14(9-12)21-17(25)18-23-22-16(27-18)11-26-10-15(24)20-13-6-2-1-3-7-13/h4-5,8-9,13H,1-3,6-7,10-11H2,(H,20,24)(H,21,25). The van der Waals surface area contributed by atoms with Crippen LogP contribution in [0.15, 0.2) is 24.3 Å². The number of aromatic nitrogens is 2. The zero-order valence-corrected chi connectivity index (χ0v) is 16.4. The first kappa shape index (κ1) is 19.8. The van der Waals surface area contributed by atoms with Crippen LogP contribution in [0.3, 0.4) is 0 Å². The van der Waals surface area contributed by atoms with Gasteiger partial charge in [-0.15, -0.1) is 22.0 Å². The van der Waals surface area contributed by atoms with E-state index in [1.54, 1.807) is 6.07 Å². The van der Waals surface area contributed by atoms with E-state index in [4.69, 9.17) is 0 Å². The molecule has 0 spiro atoms. The molecule has 2 aromatic rings. The number of carbonyl (C=O) groups is 2. The summed E-state index contributed by atoms with van der Waals surface area (Å²) in [6.07, 6.45) is 5.76. The molecule has 1 heterocycles. The Balaban J connectivity index is 1.42. The number of nitrogens with one attached hydrogen (secondary N) is 2. The van der Waals surface area contributed by atoms with Gasteiger partial charge < -0.3 is 10.6 Å². The van der Waals surface area contributed by atoms with Crippen LogP contribution < -0.4 is 10.6 Å². The molecule has 27 heavy (non-hydrogen) atoms. The minimum Gasteiger partial charge on any atom is -0.353 e. The third-order valence-electron chi connectivity index (χ3n) is 4.17. The molecular weight excluding hydrogens is 387 g/mol. The zero-order chi connectivity index (χ0) is 19.1. The van der Waals surface area contributed by atoms with Crippen LogP contribution in [-0.2, 0) is 10.5 Å². The second kappa shape index (κ2) is 9.80. The average Bonchev–Trinajstić information content (AvgIpc) is 3.12. The van der Waals surface area contributed by atoms with E-state index in [1.807, 2.05) is 0 Å². The highest BCUT2D eigenvalue weighted by molar-refractivity contribution is 7.99. The highest BCUT2D eigenvalue weighted by atomic mass is 32.2. The zero-order valence-electron chi connectivity index (χ0n) is 14.7. The second-order valence-electron chi connectivity index (χ2n) is 6.36. The van der Waals surface area contributed by atoms with Crippen LogP contribution in [0.2, 0.25) is 0 Å². The summed E-state index contributed by atoms with van der Waals surface area (Å²) in [7, 11) is 0. The van der Waals surface area contributed by atoms with Gasteiger partial charge in [0.05, 0.1) is 5.75 Å². The molecule has 6 nitrogen and oxygen atoms in total. The van der Waals surface area contributed by atoms with Gasteiger partial charge >= 0.3 is 0 Å². The molecule has 1 aromatic heterocycles. The molecule has 2 N–H and O–H groups in total. The molecule has 0 bridgehead atoms. The highest BCUT2D eigenvalue weighted by Crippen LogP contribution is 2.20. The monoisotopic (exact) mass is 408 g/mol. The lowest BCUT2D eigenvalue weighted by Crippen LogP contribution is -2.37. The van der Waals surface area contributed by atoms with Gasteiger partial charge in [0.15, 0.2) is 0 Å². The number of benzene rings is 1. The maximum atomic E-state index is 13.2. The molecule has 144 valence electrons. The number of anilines is 1. The van der Waals surface area contributed by atoms with Crippen LogP contribution in [0.25, 0.3) is 0 Å². The predicted octanol–water partition coefficient (Wildman–Crippen LogP) is 3.61. The van der Waals surface area contributed by atoms with Gasteiger partial charge in [0.25, 0.3) is 5.91 Å². The number of carbonyl (C=O) groups excluding carboxylic acids is 2. The first-order valence-corrected chi connectivity index (χ1v) is 10.8. The molecule has 1 saturated carbocycles. The number of rotatable bonds is 7. The Kier molecular flexibility index (Phi) is 7.17. The third kappa shape index (κ3) is 6.28. The minimum atomic E-state index is -0.426. The lowest BCUT2D eigenvalue weighted by molar-refractivity contribution is -0.119. The van der Waals surface area contributed by atoms with Crippen molar-refractivity contribution in [3.63, 3.8) is 0 Å². The first-order valence-electron chi connectivity index (χ1n) is 8.86. The van der Waals surface area contributed by atoms with Crippen molar-refractivity contribution < 1.29 is 14.0 Å². The predicted molar refractivity (Wildman–Crippen MR) is 105 cm³/mol. The van der Waals surface area contributed by atoms with Gasteiger partial charge in [-0.1, -0.05) is 36.7 Å². The Bertz CT molecular complexity index is 793. The Morgan fingerprint density at radius 3 is 2.81 bits per heavy atom. The van der Waals surface area contributed by atoms with Gasteiger partial charge in [0.2, 0.25) is 10.9 Å². The molecular formula is C18H21FN4O2S2. The molecule has 0 saturated heterocycles. The molecule has 0 unspecified atom stereocenters. The number of amides is 2. The SMILES string of the molecule is O=C(CSCc1nnc(C(=O)Nc2cccc(F)c2)s1)NC1CCCCC1. The Morgan fingerprint density at radius 1 is 1.22 bits per heavy atom. The van der Waals surface area contributed by atoms with Gasteiger partial charge in [-0.3, -0.25) is 9.59 Å². The summed E-state index contributed by atoms with van der Waals surface area (Å²) in [6.45, 7) is 0. The summed E-state index contributed by atoms with van der Waals surface area (Å²) in [6, 6.07) is 5.97. The molecule has 0 atom stereocenters. The van der Waals surface area contributed by atoms with E-state index in [9.17, 15) is 14.0 Å². The number of halogens is 1. The topological polar surface area (TPSA) is 84.0 Å². The van der Waals surface area contributed by atoms with E-state index in [0.717, 1.165) is 12.8 Å². The molecule has 1 aliphatic carbocycles. The largest absolute Gasteiger partial charge is 0.353 e. The summed E-state index contributed by atoms with van der Waals surface area (Å²) < 4.78 is 13.2. The maximum Gasteiger partial charge on any atom is 0.286 e. The fourth-order valence-corrected chi connectivity index (χ4v) is 4.52. The van der Waals surface area contributed by atoms with E-state index in [0.29, 0.717) is 28.2 Å². The normalized spacial score (nSPS) is 14.7. The molecule has 1 aliphatic rings. The summed E-state index contributed by atoms with van der Waals surface area (Å²) in [4.78, 5) is 24.1. The third-order valence-corrected chi connectivity index (χ3v) is 6.22. The van der Waals surface area contributed by atoms with Crippen molar-refractivity contribution >= 4 is 40.6 Å². The van der Waals surface area contributed by atoms with E-state index in [-0.39, 0.29) is 10.9 Å². The molecule has 9 heteroatoms. The van der Waals surface area contributed by atoms with Crippen molar-refractivity contribution in [2.45, 2.75) is 43.9 Å². The maximum absolute atomic E-state index is 13.2. The average molecular weight is 409 g/mol. The molecule has 2 amide bonds. The van der Waals surface area contributed by atoms with Gasteiger partial charge in [0, 0.05) is 17.5 Å². The van der Waals surface area contributed by atoms with E-state index in [2.05, 4.69) is 20.8 Å². The quantitative estimate of drug-likeness (QED) is 0.731. The van der Waals surface area contributed by atoms with Gasteiger partial charge in [-0.25, -0.2) is 4.39 Å². The Labute approximate surface area is 165 Å². The van der Waals surface area contributed by atoms with Crippen molar-refractivity contribution in [2.75, 3.05) is 11.1 Å². The molecule has 3 rings (SSSR count). The van der Waals surface area contributed by atoms with Crippen LogP contribution in [0.5, 0.6) is 0 Å². The Morgan fingerprint density at radius 2 is 2.04 bits per heavy atom. The number of thioether (sulfide) groups is 1. The summed E-state index contributed by atoms with van der Waals surface area (Å²) >= 11 is 2.62. The van der Waals surface area contributed by atoms with Crippen molar-refractivity contribution in [1.82, 2.24) is 15.5 Å². The smallest absolute Gasteiger partial charge is 0.286 e. The van der Waals surface area contributed by atoms with Crippen LogP contribution in [0.1, 0.15) is 46.9 Å². The van der Waals surface area contributed by atoms with Crippen molar-refractivity contribution in [2.24, 2.45) is 0 Å². The minimum absolute atomic E-state index is 0.0421. The fraction of sp³-hybridized carbons (Fsp3) is 0.444. The van der Waals surface area contributed by atoms with Crippen molar-refractivity contribution in [3.8, 4) is 0 Å². The van der Waals surface area contributed by atoms with E-state index >= 15 is 0 Å². The first-order chi connectivity index (χ1) is 13.1. The summed E-state index contributed by atoms with van der Waals surface area (Å²) in [5.41, 5.74) is 0.366. The number of hydrogen-bond acceptors (Lipinski definition) is 6. The van der Waals surface area contributed by atoms with Crippen LogP contribution >= 0.6 is 23.1 Å². The molecule has 1 aromatic carbocycles. The van der Waals surface area contributed by atoms with Crippen LogP contribution in [-0.4, -0.2) is 33.8 Å². The second-order valence-corrected chi connectivity index (χ2v) is 8.41. The van der Waals surface area contributed by atoms with Crippen molar-refractivity contribution in [1.29, 1.82) is 0 Å². The fourth-order valence-electron chi connectivity index (χ4n) is 2.90. The van der Waals surface area contributed by atoms with Crippen LogP contribution in [0, 0.1) is 5.82 Å². The number of nitrogens with zero attached hydrogens (tertiary/aromatic N) is 2. The lowest BCUT2D eigenvalue weighted by atomic mass is 9.95. The summed E-state index contributed by atoms with van der Waals surface area (Å²) in [5.74, 6) is 0.0720. The van der Waals surface area contributed by atoms with Gasteiger partial charge in [0.1, 0.15) is 10.8 Å². The van der Waals surface area contributed by atoms with Gasteiger partial charge in [-0.05, 0) is 31.0 Å². The molecule has 1 fully saturated rings. The van der Waals surface area contributed by atoms with Gasteiger partial charge in [-0.2, -0.15) is 0 Å². The Hall–Kier alpha value is -2.00. The summed E-state index contributed by atoms with van der Waals surface area (Å²) in [5, 5.41) is 14.4. The highest BCUT2D eigenvalue weighted by Gasteiger charge is 2.16. The van der Waals surface area contributed by atoms with Crippen LogP contribution in [0.4, 0.5) is 10.1 Å². The molecule has 0 radical (unpaired) electrons. The van der Waals surface area contributed by atoms with E-state index in [1.165, 1.54) is 60.6 Å². The van der Waals surface area contributed by atoms with E-state index < -0.39 is 11.7 Å². The molecule has 0 aliphatic heterocycles. The lowest BCUT2D eigenvalue weighted by Gasteiger charge is -2.22.